The number of unbranched alkanes of at least 4 members (excludes halogenated alkanes) is 12. The molecule has 6 nitrogen and oxygen atoms in total. The van der Waals surface area contributed by atoms with E-state index in [1.54, 1.807) is 12.1 Å². The second-order valence-corrected chi connectivity index (χ2v) is 13.1. The molecule has 0 bridgehead atoms. The van der Waals surface area contributed by atoms with Gasteiger partial charge in [0.05, 0.1) is 12.7 Å². The number of rotatable bonds is 28. The predicted octanol–water partition coefficient (Wildman–Crippen LogP) is 9.47. The van der Waals surface area contributed by atoms with Crippen molar-refractivity contribution in [3.05, 3.63) is 35.9 Å². The normalized spacial score (nSPS) is 14.5. The first-order valence-electron chi connectivity index (χ1n) is 16.1. The SMILES string of the molecule is CCCCCCCCCCCSC(CCCCCCC)C(C)OCCCOC(O)(P=O)C(=O)OCc1ccccc1. The molecule has 0 fully saturated rings. The highest BCUT2D eigenvalue weighted by Gasteiger charge is 2.41. The van der Waals surface area contributed by atoms with E-state index in [9.17, 15) is 14.5 Å². The first kappa shape index (κ1) is 38.0. The maximum absolute atomic E-state index is 12.3. The van der Waals surface area contributed by atoms with Crippen molar-refractivity contribution in [2.75, 3.05) is 19.0 Å². The van der Waals surface area contributed by atoms with Gasteiger partial charge in [-0.3, -0.25) is 4.57 Å². The summed E-state index contributed by atoms with van der Waals surface area (Å²) in [5.74, 6) is 0.107. The molecule has 0 radical (unpaired) electrons. The Hall–Kier alpha value is -0.980. The summed E-state index contributed by atoms with van der Waals surface area (Å²) >= 11 is 2.05. The lowest BCUT2D eigenvalue weighted by Gasteiger charge is -2.24. The quantitative estimate of drug-likeness (QED) is 0.0437. The van der Waals surface area contributed by atoms with Crippen LogP contribution in [0, 0.1) is 0 Å². The molecule has 0 aliphatic heterocycles. The standard InChI is InChI=1S/C33H57O6PS/c1-4-6-8-10-11-12-13-15-20-27-41-31(24-19-14-9-7-5-2)29(3)37-25-21-26-39-33(35,40-36)32(34)38-28-30-22-17-16-18-23-30/h16-18,22-23,29,31,35H,4-15,19-21,24-28H2,1-3H3. The van der Waals surface area contributed by atoms with Gasteiger partial charge in [0.2, 0.25) is 8.46 Å². The van der Waals surface area contributed by atoms with Gasteiger partial charge in [0.25, 0.3) is 0 Å². The fourth-order valence-corrected chi connectivity index (χ4v) is 6.28. The summed E-state index contributed by atoms with van der Waals surface area (Å²) in [7, 11) is -0.850. The van der Waals surface area contributed by atoms with Gasteiger partial charge in [0, 0.05) is 11.9 Å². The van der Waals surface area contributed by atoms with Crippen LogP contribution in [-0.2, 0) is 30.2 Å². The zero-order valence-electron chi connectivity index (χ0n) is 26.0. The summed E-state index contributed by atoms with van der Waals surface area (Å²) in [5, 5.41) is 10.8. The van der Waals surface area contributed by atoms with Crippen LogP contribution in [0.5, 0.6) is 0 Å². The van der Waals surface area contributed by atoms with Gasteiger partial charge in [-0.2, -0.15) is 11.8 Å². The third-order valence-corrected chi connectivity index (χ3v) is 9.40. The number of carbonyl (C=O) groups is 1. The summed E-state index contributed by atoms with van der Waals surface area (Å²) in [5.41, 5.74) is -1.74. The van der Waals surface area contributed by atoms with Gasteiger partial charge in [0.1, 0.15) is 6.61 Å². The van der Waals surface area contributed by atoms with Crippen LogP contribution >= 0.6 is 20.2 Å². The average molecular weight is 613 g/mol. The first-order chi connectivity index (χ1) is 20.0. The van der Waals surface area contributed by atoms with Crippen LogP contribution in [0.2, 0.25) is 0 Å². The van der Waals surface area contributed by atoms with Crippen LogP contribution in [0.25, 0.3) is 0 Å². The predicted molar refractivity (Wildman–Crippen MR) is 172 cm³/mol. The Morgan fingerprint density at radius 3 is 2.05 bits per heavy atom. The van der Waals surface area contributed by atoms with Gasteiger partial charge in [0.15, 0.2) is 0 Å². The second-order valence-electron chi connectivity index (χ2n) is 11.0. The Balaban J connectivity index is 2.35. The lowest BCUT2D eigenvalue weighted by atomic mass is 10.1. The number of esters is 1. The van der Waals surface area contributed by atoms with E-state index in [4.69, 9.17) is 14.2 Å². The molecule has 1 aromatic carbocycles. The summed E-state index contributed by atoms with van der Waals surface area (Å²) in [6.45, 7) is 7.10. The van der Waals surface area contributed by atoms with Gasteiger partial charge < -0.3 is 19.3 Å². The van der Waals surface area contributed by atoms with E-state index in [0.29, 0.717) is 18.3 Å². The highest BCUT2D eigenvalue weighted by atomic mass is 32.2. The monoisotopic (exact) mass is 612 g/mol. The topological polar surface area (TPSA) is 82.1 Å². The highest BCUT2D eigenvalue weighted by molar-refractivity contribution is 7.99. The Labute approximate surface area is 256 Å². The smallest absolute Gasteiger partial charge is 0.380 e. The molecule has 1 aromatic rings. The van der Waals surface area contributed by atoms with E-state index in [1.807, 2.05) is 30.0 Å². The van der Waals surface area contributed by atoms with Gasteiger partial charge in [-0.25, -0.2) is 4.79 Å². The number of hydrogen-bond acceptors (Lipinski definition) is 7. The van der Waals surface area contributed by atoms with Crippen molar-refractivity contribution in [3.63, 3.8) is 0 Å². The third kappa shape index (κ3) is 19.0. The van der Waals surface area contributed by atoms with Gasteiger partial charge in [-0.1, -0.05) is 128 Å². The second kappa shape index (κ2) is 25.5. The minimum Gasteiger partial charge on any atom is -0.456 e. The molecular formula is C33H57O6PS. The van der Waals surface area contributed by atoms with Gasteiger partial charge in [-0.15, -0.1) is 0 Å². The Morgan fingerprint density at radius 1 is 0.854 bits per heavy atom. The minimum absolute atomic E-state index is 0.0297. The van der Waals surface area contributed by atoms with E-state index < -0.39 is 20.0 Å². The minimum atomic E-state index is -2.51. The molecule has 3 atom stereocenters. The van der Waals surface area contributed by atoms with Crippen molar-refractivity contribution < 1.29 is 28.7 Å². The molecule has 0 heterocycles. The zero-order valence-corrected chi connectivity index (χ0v) is 27.7. The number of benzene rings is 1. The van der Waals surface area contributed by atoms with Crippen molar-refractivity contribution in [2.45, 2.75) is 147 Å². The number of aliphatic hydroxyl groups is 1. The summed E-state index contributed by atoms with van der Waals surface area (Å²) < 4.78 is 28.1. The fourth-order valence-electron chi connectivity index (χ4n) is 4.64. The number of ether oxygens (including phenoxy) is 3. The Morgan fingerprint density at radius 2 is 1.44 bits per heavy atom. The molecule has 1 rings (SSSR count). The van der Waals surface area contributed by atoms with Crippen LogP contribution in [0.4, 0.5) is 0 Å². The van der Waals surface area contributed by atoms with Gasteiger partial charge in [-0.05, 0) is 37.5 Å². The maximum Gasteiger partial charge on any atom is 0.380 e. The van der Waals surface area contributed by atoms with E-state index >= 15 is 0 Å². The highest BCUT2D eigenvalue weighted by Crippen LogP contribution is 2.26. The molecule has 0 aromatic heterocycles. The average Bonchev–Trinajstić information content (AvgIpc) is 2.99. The number of carbonyl (C=O) groups excluding carboxylic acids is 1. The summed E-state index contributed by atoms with van der Waals surface area (Å²) in [6, 6.07) is 9.11. The summed E-state index contributed by atoms with van der Waals surface area (Å²) in [4.78, 5) is 12.3. The van der Waals surface area contributed by atoms with Gasteiger partial charge >= 0.3 is 11.5 Å². The molecule has 0 saturated carbocycles. The van der Waals surface area contributed by atoms with E-state index in [1.165, 1.54) is 95.6 Å². The largest absolute Gasteiger partial charge is 0.456 e. The molecule has 3 unspecified atom stereocenters. The molecule has 0 aliphatic rings. The number of hydrogen-bond donors (Lipinski definition) is 1. The maximum atomic E-state index is 12.3. The van der Waals surface area contributed by atoms with E-state index in [2.05, 4.69) is 20.8 Å². The zero-order chi connectivity index (χ0) is 30.0. The lowest BCUT2D eigenvalue weighted by molar-refractivity contribution is -0.197. The third-order valence-electron chi connectivity index (χ3n) is 7.27. The van der Waals surface area contributed by atoms with E-state index in [0.717, 1.165) is 12.0 Å². The Kier molecular flexibility index (Phi) is 23.7. The molecule has 1 N–H and O–H groups in total. The molecule has 0 saturated heterocycles. The van der Waals surface area contributed by atoms with Crippen LogP contribution in [0.15, 0.2) is 30.3 Å². The van der Waals surface area contributed by atoms with Crippen molar-refractivity contribution >= 4 is 26.2 Å². The van der Waals surface area contributed by atoms with Crippen LogP contribution < -0.4 is 0 Å². The van der Waals surface area contributed by atoms with Crippen molar-refractivity contribution in [2.24, 2.45) is 0 Å². The van der Waals surface area contributed by atoms with Crippen molar-refractivity contribution in [1.82, 2.24) is 0 Å². The lowest BCUT2D eigenvalue weighted by Crippen LogP contribution is -2.37. The molecule has 236 valence electrons. The molecule has 0 amide bonds. The van der Waals surface area contributed by atoms with E-state index in [-0.39, 0.29) is 19.3 Å². The molecule has 0 spiro atoms. The van der Waals surface area contributed by atoms with Crippen LogP contribution in [0.1, 0.15) is 129 Å². The number of thioether (sulfide) groups is 1. The van der Waals surface area contributed by atoms with Crippen LogP contribution in [0.3, 0.4) is 0 Å². The molecular weight excluding hydrogens is 555 g/mol. The van der Waals surface area contributed by atoms with Crippen LogP contribution in [-0.4, -0.2) is 46.9 Å². The molecule has 0 aliphatic carbocycles. The first-order valence-corrected chi connectivity index (χ1v) is 18.0. The Bertz CT molecular complexity index is 767. The van der Waals surface area contributed by atoms with Crippen molar-refractivity contribution in [1.29, 1.82) is 0 Å². The molecule has 8 heteroatoms. The van der Waals surface area contributed by atoms with Crippen molar-refractivity contribution in [3.8, 4) is 0 Å². The summed E-state index contributed by atoms with van der Waals surface area (Å²) in [6.07, 6.45) is 20.2. The molecule has 41 heavy (non-hydrogen) atoms. The fraction of sp³-hybridized carbons (Fsp3) is 0.788.